The Morgan fingerprint density at radius 1 is 1.50 bits per heavy atom. The number of hydrogen-bond donors (Lipinski definition) is 0. The lowest BCUT2D eigenvalue weighted by atomic mass is 10.1. The second-order valence-corrected chi connectivity index (χ2v) is 4.20. The third-order valence-electron chi connectivity index (χ3n) is 3.01. The first-order chi connectivity index (χ1) is 7.74. The average Bonchev–Trinajstić information content (AvgIpc) is 2.30. The van der Waals surface area contributed by atoms with Gasteiger partial charge < -0.3 is 9.64 Å². The van der Waals surface area contributed by atoms with Crippen LogP contribution in [0.25, 0.3) is 0 Å². The van der Waals surface area contributed by atoms with Gasteiger partial charge in [-0.05, 0) is 25.5 Å². The molecule has 0 aliphatic carbocycles. The summed E-state index contributed by atoms with van der Waals surface area (Å²) in [6.45, 7) is 6.52. The number of morpholine rings is 1. The SMILES string of the molecule is Cc1cccc(C#N)c1N1CCOCC1C. The molecule has 0 aromatic heterocycles. The molecule has 1 unspecified atom stereocenters. The van der Waals surface area contributed by atoms with Gasteiger partial charge in [-0.3, -0.25) is 0 Å². The van der Waals surface area contributed by atoms with Gasteiger partial charge in [0.25, 0.3) is 0 Å². The van der Waals surface area contributed by atoms with E-state index in [2.05, 4.69) is 30.9 Å². The van der Waals surface area contributed by atoms with Crippen molar-refractivity contribution in [1.29, 1.82) is 5.26 Å². The van der Waals surface area contributed by atoms with E-state index in [0.717, 1.165) is 36.6 Å². The van der Waals surface area contributed by atoms with Crippen LogP contribution in [0.5, 0.6) is 0 Å². The van der Waals surface area contributed by atoms with E-state index in [-0.39, 0.29) is 0 Å². The van der Waals surface area contributed by atoms with Crippen molar-refractivity contribution in [3.63, 3.8) is 0 Å². The van der Waals surface area contributed by atoms with Gasteiger partial charge >= 0.3 is 0 Å². The minimum absolute atomic E-state index is 0.335. The molecule has 0 bridgehead atoms. The summed E-state index contributed by atoms with van der Waals surface area (Å²) < 4.78 is 5.42. The zero-order chi connectivity index (χ0) is 11.5. The molecule has 1 aliphatic heterocycles. The Hall–Kier alpha value is -1.53. The first kappa shape index (κ1) is 11.0. The van der Waals surface area contributed by atoms with E-state index in [0.29, 0.717) is 6.04 Å². The Morgan fingerprint density at radius 2 is 2.31 bits per heavy atom. The molecule has 1 heterocycles. The largest absolute Gasteiger partial charge is 0.377 e. The van der Waals surface area contributed by atoms with E-state index in [4.69, 9.17) is 10.00 Å². The molecule has 1 aromatic rings. The Balaban J connectivity index is 2.42. The number of rotatable bonds is 1. The summed E-state index contributed by atoms with van der Waals surface area (Å²) in [6, 6.07) is 8.47. The van der Waals surface area contributed by atoms with E-state index in [1.54, 1.807) is 0 Å². The van der Waals surface area contributed by atoms with Crippen LogP contribution in [0, 0.1) is 18.3 Å². The molecule has 0 amide bonds. The summed E-state index contributed by atoms with van der Waals surface area (Å²) >= 11 is 0. The van der Waals surface area contributed by atoms with Crippen molar-refractivity contribution in [2.75, 3.05) is 24.7 Å². The number of nitriles is 1. The molecule has 3 nitrogen and oxygen atoms in total. The summed E-state index contributed by atoms with van der Waals surface area (Å²) in [5, 5.41) is 9.15. The molecule has 16 heavy (non-hydrogen) atoms. The van der Waals surface area contributed by atoms with E-state index < -0.39 is 0 Å². The summed E-state index contributed by atoms with van der Waals surface area (Å²) in [5.41, 5.74) is 2.99. The average molecular weight is 216 g/mol. The fourth-order valence-electron chi connectivity index (χ4n) is 2.19. The highest BCUT2D eigenvalue weighted by atomic mass is 16.5. The van der Waals surface area contributed by atoms with Gasteiger partial charge in [0.05, 0.1) is 24.5 Å². The van der Waals surface area contributed by atoms with E-state index in [1.165, 1.54) is 0 Å². The van der Waals surface area contributed by atoms with Gasteiger partial charge in [0, 0.05) is 12.6 Å². The molecule has 0 saturated carbocycles. The molecule has 0 spiro atoms. The summed E-state index contributed by atoms with van der Waals surface area (Å²) in [4.78, 5) is 2.28. The molecule has 1 saturated heterocycles. The second kappa shape index (κ2) is 4.54. The third-order valence-corrected chi connectivity index (χ3v) is 3.01. The van der Waals surface area contributed by atoms with Gasteiger partial charge in [-0.1, -0.05) is 12.1 Å². The van der Waals surface area contributed by atoms with Gasteiger partial charge in [-0.25, -0.2) is 0 Å². The Kier molecular flexibility index (Phi) is 3.12. The minimum Gasteiger partial charge on any atom is -0.377 e. The summed E-state index contributed by atoms with van der Waals surface area (Å²) in [5.74, 6) is 0. The zero-order valence-corrected chi connectivity index (χ0v) is 9.73. The van der Waals surface area contributed by atoms with Crippen molar-refractivity contribution in [3.05, 3.63) is 29.3 Å². The van der Waals surface area contributed by atoms with Crippen LogP contribution in [0.1, 0.15) is 18.1 Å². The highest BCUT2D eigenvalue weighted by Gasteiger charge is 2.22. The number of ether oxygens (including phenoxy) is 1. The predicted molar refractivity (Wildman–Crippen MR) is 63.5 cm³/mol. The van der Waals surface area contributed by atoms with Crippen molar-refractivity contribution in [2.45, 2.75) is 19.9 Å². The number of aryl methyl sites for hydroxylation is 1. The number of nitrogens with zero attached hydrogens (tertiary/aromatic N) is 2. The maximum Gasteiger partial charge on any atom is 0.101 e. The first-order valence-electron chi connectivity index (χ1n) is 5.58. The number of anilines is 1. The van der Waals surface area contributed by atoms with Crippen LogP contribution >= 0.6 is 0 Å². The third kappa shape index (κ3) is 1.89. The first-order valence-corrected chi connectivity index (χ1v) is 5.58. The number of benzene rings is 1. The van der Waals surface area contributed by atoms with Gasteiger partial charge in [-0.2, -0.15) is 5.26 Å². The lowest BCUT2D eigenvalue weighted by Crippen LogP contribution is -2.44. The van der Waals surface area contributed by atoms with Crippen LogP contribution in [0.4, 0.5) is 5.69 Å². The summed E-state index contributed by atoms with van der Waals surface area (Å²) in [7, 11) is 0. The predicted octanol–water partition coefficient (Wildman–Crippen LogP) is 2.09. The van der Waals surface area contributed by atoms with Gasteiger partial charge in [0.1, 0.15) is 6.07 Å². The highest BCUT2D eigenvalue weighted by molar-refractivity contribution is 5.64. The van der Waals surface area contributed by atoms with Crippen LogP contribution < -0.4 is 4.90 Å². The van der Waals surface area contributed by atoms with Gasteiger partial charge in [0.15, 0.2) is 0 Å². The van der Waals surface area contributed by atoms with Gasteiger partial charge in [-0.15, -0.1) is 0 Å². The van der Waals surface area contributed by atoms with Crippen molar-refractivity contribution in [2.24, 2.45) is 0 Å². The zero-order valence-electron chi connectivity index (χ0n) is 9.73. The fourth-order valence-corrected chi connectivity index (χ4v) is 2.19. The molecule has 1 aromatic carbocycles. The summed E-state index contributed by atoms with van der Waals surface area (Å²) in [6.07, 6.45) is 0. The maximum atomic E-state index is 9.15. The van der Waals surface area contributed by atoms with Crippen LogP contribution in [-0.2, 0) is 4.74 Å². The quantitative estimate of drug-likeness (QED) is 0.721. The highest BCUT2D eigenvalue weighted by Crippen LogP contribution is 2.27. The standard InChI is InChI=1S/C13H16N2O/c1-10-4-3-5-12(8-14)13(10)15-6-7-16-9-11(15)2/h3-5,11H,6-7,9H2,1-2H3. The molecule has 1 atom stereocenters. The molecule has 0 radical (unpaired) electrons. The van der Waals surface area contributed by atoms with Crippen molar-refractivity contribution in [3.8, 4) is 6.07 Å². The van der Waals surface area contributed by atoms with E-state index >= 15 is 0 Å². The molecule has 84 valence electrons. The number of para-hydroxylation sites is 1. The van der Waals surface area contributed by atoms with Crippen LogP contribution in [0.2, 0.25) is 0 Å². The molecule has 3 heteroatoms. The van der Waals surface area contributed by atoms with E-state index in [1.807, 2.05) is 12.1 Å². The Morgan fingerprint density at radius 3 is 3.00 bits per heavy atom. The molecule has 1 aliphatic rings. The smallest absolute Gasteiger partial charge is 0.101 e. The lowest BCUT2D eigenvalue weighted by molar-refractivity contribution is 0.0989. The normalized spacial score (nSPS) is 20.6. The monoisotopic (exact) mass is 216 g/mol. The van der Waals surface area contributed by atoms with Crippen molar-refractivity contribution in [1.82, 2.24) is 0 Å². The van der Waals surface area contributed by atoms with E-state index in [9.17, 15) is 0 Å². The van der Waals surface area contributed by atoms with Crippen molar-refractivity contribution >= 4 is 5.69 Å². The Labute approximate surface area is 96.2 Å². The molecule has 0 N–H and O–H groups in total. The molecular formula is C13H16N2O. The van der Waals surface area contributed by atoms with Crippen LogP contribution in [0.15, 0.2) is 18.2 Å². The Bertz CT molecular complexity index is 422. The molecule has 1 fully saturated rings. The van der Waals surface area contributed by atoms with Gasteiger partial charge in [0.2, 0.25) is 0 Å². The minimum atomic E-state index is 0.335. The molecule has 2 rings (SSSR count). The lowest BCUT2D eigenvalue weighted by Gasteiger charge is -2.36. The fraction of sp³-hybridized carbons (Fsp3) is 0.462. The molecular weight excluding hydrogens is 200 g/mol. The number of hydrogen-bond acceptors (Lipinski definition) is 3. The van der Waals surface area contributed by atoms with Crippen molar-refractivity contribution < 1.29 is 4.74 Å². The van der Waals surface area contributed by atoms with Crippen LogP contribution in [-0.4, -0.2) is 25.8 Å². The second-order valence-electron chi connectivity index (χ2n) is 4.20. The topological polar surface area (TPSA) is 36.3 Å². The van der Waals surface area contributed by atoms with Crippen LogP contribution in [0.3, 0.4) is 0 Å². The maximum absolute atomic E-state index is 9.15.